The molecule has 0 aliphatic carbocycles. The molecule has 6 nitrogen and oxygen atoms in total. The van der Waals surface area contributed by atoms with Gasteiger partial charge in [0.15, 0.2) is 0 Å². The maximum Gasteiger partial charge on any atom is 0.331 e. The molecule has 25 heavy (non-hydrogen) atoms. The van der Waals surface area contributed by atoms with Crippen LogP contribution in [0.1, 0.15) is 13.8 Å². The Kier molecular flexibility index (Phi) is 4.85. The molecule has 3 rings (SSSR count). The molecule has 0 radical (unpaired) electrons. The number of aromatic nitrogens is 2. The summed E-state index contributed by atoms with van der Waals surface area (Å²) in [4.78, 5) is 39.5. The lowest BCUT2D eigenvalue weighted by Gasteiger charge is -2.22. The van der Waals surface area contributed by atoms with Crippen LogP contribution in [0.3, 0.4) is 0 Å². The predicted molar refractivity (Wildman–Crippen MR) is 100 cm³/mol. The first-order valence-corrected chi connectivity index (χ1v) is 9.02. The number of benzene rings is 1. The van der Waals surface area contributed by atoms with E-state index in [9.17, 15) is 14.4 Å². The maximum absolute atomic E-state index is 12.8. The van der Waals surface area contributed by atoms with Crippen molar-refractivity contribution in [3.8, 4) is 0 Å². The summed E-state index contributed by atoms with van der Waals surface area (Å²) in [5, 5.41) is 1.77. The molecule has 0 atom stereocenters. The number of para-hydroxylation sites is 1. The van der Waals surface area contributed by atoms with Crippen molar-refractivity contribution in [1.82, 2.24) is 9.13 Å². The number of hydrogen-bond acceptors (Lipinski definition) is 4. The van der Waals surface area contributed by atoms with Gasteiger partial charge in [0.1, 0.15) is 11.2 Å². The van der Waals surface area contributed by atoms with Crippen LogP contribution in [-0.2, 0) is 17.9 Å². The van der Waals surface area contributed by atoms with E-state index >= 15 is 0 Å². The van der Waals surface area contributed by atoms with Gasteiger partial charge in [0.25, 0.3) is 5.56 Å². The van der Waals surface area contributed by atoms with Gasteiger partial charge in [-0.05, 0) is 37.4 Å². The van der Waals surface area contributed by atoms with Gasteiger partial charge in [-0.15, -0.1) is 11.3 Å². The Morgan fingerprint density at radius 1 is 1.08 bits per heavy atom. The van der Waals surface area contributed by atoms with E-state index in [0.717, 1.165) is 5.69 Å². The molecule has 0 aliphatic heterocycles. The van der Waals surface area contributed by atoms with Gasteiger partial charge in [-0.2, -0.15) is 0 Å². The molecule has 2 heterocycles. The van der Waals surface area contributed by atoms with Crippen molar-refractivity contribution in [3.63, 3.8) is 0 Å². The van der Waals surface area contributed by atoms with Crippen molar-refractivity contribution < 1.29 is 4.79 Å². The molecule has 0 spiro atoms. The Hall–Kier alpha value is -2.67. The van der Waals surface area contributed by atoms with Crippen LogP contribution < -0.4 is 16.1 Å². The van der Waals surface area contributed by atoms with E-state index in [1.54, 1.807) is 23.3 Å². The molecule has 2 aromatic heterocycles. The number of carbonyl (C=O) groups excluding carboxylic acids is 1. The second-order valence-electron chi connectivity index (χ2n) is 5.53. The van der Waals surface area contributed by atoms with Crippen molar-refractivity contribution in [1.29, 1.82) is 0 Å². The lowest BCUT2D eigenvalue weighted by molar-refractivity contribution is -0.119. The fraction of sp³-hybridized carbons (Fsp3) is 0.278. The predicted octanol–water partition coefficient (Wildman–Crippen LogP) is 2.30. The number of carbonyl (C=O) groups is 1. The number of thiophene rings is 1. The molecule has 0 N–H and O–H groups in total. The van der Waals surface area contributed by atoms with E-state index < -0.39 is 5.69 Å². The fourth-order valence-electron chi connectivity index (χ4n) is 2.90. The van der Waals surface area contributed by atoms with E-state index in [1.807, 2.05) is 37.3 Å². The van der Waals surface area contributed by atoms with Crippen LogP contribution in [0.5, 0.6) is 0 Å². The normalized spacial score (nSPS) is 11.0. The number of hydrogen-bond donors (Lipinski definition) is 0. The van der Waals surface area contributed by atoms with Gasteiger partial charge in [0.2, 0.25) is 5.91 Å². The van der Waals surface area contributed by atoms with Gasteiger partial charge in [-0.1, -0.05) is 18.2 Å². The molecule has 1 amide bonds. The summed E-state index contributed by atoms with van der Waals surface area (Å²) < 4.78 is 3.06. The van der Waals surface area contributed by atoms with Gasteiger partial charge in [0.05, 0.1) is 5.52 Å². The Bertz CT molecular complexity index is 1020. The number of fused-ring (bicyclic) bond motifs is 1. The fourth-order valence-corrected chi connectivity index (χ4v) is 3.74. The van der Waals surface area contributed by atoms with Crippen LogP contribution in [-0.4, -0.2) is 21.6 Å². The topological polar surface area (TPSA) is 64.3 Å². The van der Waals surface area contributed by atoms with Gasteiger partial charge in [-0.25, -0.2) is 4.79 Å². The first-order valence-electron chi connectivity index (χ1n) is 8.14. The molecule has 0 bridgehead atoms. The second kappa shape index (κ2) is 7.06. The van der Waals surface area contributed by atoms with Gasteiger partial charge in [0, 0.05) is 18.8 Å². The van der Waals surface area contributed by atoms with E-state index in [2.05, 4.69) is 0 Å². The van der Waals surface area contributed by atoms with Crippen molar-refractivity contribution in [2.75, 3.05) is 11.4 Å². The average molecular weight is 357 g/mol. The SMILES string of the molecule is CCN(C(=O)Cn1c(=O)n(CC)c(=O)c2sccc21)c1ccccc1. The number of nitrogens with zero attached hydrogens (tertiary/aromatic N) is 3. The zero-order valence-corrected chi connectivity index (χ0v) is 15.0. The molecule has 0 saturated carbocycles. The second-order valence-corrected chi connectivity index (χ2v) is 6.44. The van der Waals surface area contributed by atoms with Crippen molar-refractivity contribution >= 4 is 33.1 Å². The van der Waals surface area contributed by atoms with E-state index in [-0.39, 0.29) is 24.6 Å². The van der Waals surface area contributed by atoms with Crippen LogP contribution in [0.2, 0.25) is 0 Å². The standard InChI is InChI=1S/C18H19N3O3S/c1-3-19(13-8-6-5-7-9-13)15(22)12-21-14-10-11-25-16(14)17(23)20(4-2)18(21)24/h5-11H,3-4,12H2,1-2H3. The highest BCUT2D eigenvalue weighted by atomic mass is 32.1. The smallest absolute Gasteiger partial charge is 0.311 e. The summed E-state index contributed by atoms with van der Waals surface area (Å²) in [7, 11) is 0. The third-order valence-corrected chi connectivity index (χ3v) is 5.02. The average Bonchev–Trinajstić information content (AvgIpc) is 3.10. The first kappa shape index (κ1) is 17.2. The zero-order valence-electron chi connectivity index (χ0n) is 14.1. The quantitative estimate of drug-likeness (QED) is 0.704. The molecule has 1 aromatic carbocycles. The minimum absolute atomic E-state index is 0.102. The summed E-state index contributed by atoms with van der Waals surface area (Å²) in [5.74, 6) is -0.190. The Labute approximate surface area is 148 Å². The molecule has 130 valence electrons. The number of likely N-dealkylation sites (N-methyl/N-ethyl adjacent to an activating group) is 1. The van der Waals surface area contributed by atoms with E-state index in [4.69, 9.17) is 0 Å². The molecule has 7 heteroatoms. The minimum atomic E-state index is -0.448. The molecule has 0 unspecified atom stereocenters. The highest BCUT2D eigenvalue weighted by molar-refractivity contribution is 7.17. The van der Waals surface area contributed by atoms with Crippen molar-refractivity contribution in [3.05, 3.63) is 62.6 Å². The molecular formula is C18H19N3O3S. The van der Waals surface area contributed by atoms with E-state index in [0.29, 0.717) is 16.8 Å². The maximum atomic E-state index is 12.8. The van der Waals surface area contributed by atoms with Crippen molar-refractivity contribution in [2.24, 2.45) is 0 Å². The Morgan fingerprint density at radius 3 is 2.44 bits per heavy atom. The largest absolute Gasteiger partial charge is 0.331 e. The summed E-state index contributed by atoms with van der Waals surface area (Å²) in [6.45, 7) is 4.31. The summed E-state index contributed by atoms with van der Waals surface area (Å²) >= 11 is 1.29. The van der Waals surface area contributed by atoms with Crippen molar-refractivity contribution in [2.45, 2.75) is 26.9 Å². The lowest BCUT2D eigenvalue weighted by Crippen LogP contribution is -2.43. The number of rotatable bonds is 5. The molecule has 0 saturated heterocycles. The molecule has 0 fully saturated rings. The lowest BCUT2D eigenvalue weighted by atomic mass is 10.3. The summed E-state index contributed by atoms with van der Waals surface area (Å²) in [6, 6.07) is 11.1. The number of anilines is 1. The Balaban J connectivity index is 2.06. The van der Waals surface area contributed by atoms with Crippen LogP contribution >= 0.6 is 11.3 Å². The third kappa shape index (κ3) is 3.02. The third-order valence-electron chi connectivity index (χ3n) is 4.13. The molecule has 3 aromatic rings. The van der Waals surface area contributed by atoms with Gasteiger partial charge >= 0.3 is 5.69 Å². The highest BCUT2D eigenvalue weighted by Gasteiger charge is 2.19. The van der Waals surface area contributed by atoms with Crippen LogP contribution in [0.15, 0.2) is 51.4 Å². The number of amides is 1. The Morgan fingerprint density at radius 2 is 1.80 bits per heavy atom. The van der Waals surface area contributed by atoms with Crippen LogP contribution in [0.4, 0.5) is 5.69 Å². The zero-order chi connectivity index (χ0) is 18.0. The summed E-state index contributed by atoms with van der Waals surface area (Å²) in [6.07, 6.45) is 0. The highest BCUT2D eigenvalue weighted by Crippen LogP contribution is 2.17. The molecule has 0 aliphatic rings. The molecular weight excluding hydrogens is 338 g/mol. The van der Waals surface area contributed by atoms with E-state index in [1.165, 1.54) is 20.5 Å². The first-order chi connectivity index (χ1) is 12.1. The van der Waals surface area contributed by atoms with Crippen LogP contribution in [0.25, 0.3) is 10.2 Å². The summed E-state index contributed by atoms with van der Waals surface area (Å²) in [5.41, 5.74) is 0.558. The van der Waals surface area contributed by atoms with Gasteiger partial charge in [-0.3, -0.25) is 18.7 Å². The van der Waals surface area contributed by atoms with Crippen LogP contribution in [0, 0.1) is 0 Å². The minimum Gasteiger partial charge on any atom is -0.311 e. The monoisotopic (exact) mass is 357 g/mol. The van der Waals surface area contributed by atoms with Gasteiger partial charge < -0.3 is 4.90 Å².